The number of urea groups is 1. The first-order valence-electron chi connectivity index (χ1n) is 4.32. The highest BCUT2D eigenvalue weighted by Gasteiger charge is 2.13. The maximum absolute atomic E-state index is 10.8. The molecule has 15 heavy (non-hydrogen) atoms. The molecule has 0 saturated heterocycles. The number of nitrogens with one attached hydrogen (secondary N) is 2. The Labute approximate surface area is 86.3 Å². The van der Waals surface area contributed by atoms with E-state index in [1.807, 2.05) is 0 Å². The van der Waals surface area contributed by atoms with E-state index in [1.165, 1.54) is 13.1 Å². The zero-order valence-corrected chi connectivity index (χ0v) is 8.46. The van der Waals surface area contributed by atoms with E-state index < -0.39 is 5.97 Å². The van der Waals surface area contributed by atoms with Gasteiger partial charge in [0.1, 0.15) is 17.1 Å². The molecule has 0 unspecified atom stereocenters. The molecule has 2 amide bonds. The molecule has 0 atom stereocenters. The van der Waals surface area contributed by atoms with Crippen LogP contribution in [0.25, 0.3) is 0 Å². The standard InChI is InChI=1S/C9H12N2O4/c1-5-7(8(12)13)3-6(15-5)4-11-9(14)10-2/h3H,4H2,1-2H3,(H,12,13)(H2,10,11,14). The first-order chi connectivity index (χ1) is 7.04. The third-order valence-corrected chi connectivity index (χ3v) is 1.85. The number of aryl methyl sites for hydroxylation is 1. The average molecular weight is 212 g/mol. The Kier molecular flexibility index (Phi) is 3.33. The first-order valence-corrected chi connectivity index (χ1v) is 4.32. The summed E-state index contributed by atoms with van der Waals surface area (Å²) in [6, 6.07) is 1.05. The normalized spacial score (nSPS) is 9.73. The van der Waals surface area contributed by atoms with Crippen LogP contribution in [0.5, 0.6) is 0 Å². The van der Waals surface area contributed by atoms with Crippen LogP contribution in [0.3, 0.4) is 0 Å². The number of rotatable bonds is 3. The van der Waals surface area contributed by atoms with Crippen molar-refractivity contribution in [2.45, 2.75) is 13.5 Å². The Morgan fingerprint density at radius 2 is 2.20 bits per heavy atom. The van der Waals surface area contributed by atoms with Crippen LogP contribution >= 0.6 is 0 Å². The van der Waals surface area contributed by atoms with Crippen LogP contribution in [-0.2, 0) is 6.54 Å². The molecule has 1 aromatic rings. The van der Waals surface area contributed by atoms with Crippen LogP contribution in [0.15, 0.2) is 10.5 Å². The van der Waals surface area contributed by atoms with E-state index in [2.05, 4.69) is 10.6 Å². The van der Waals surface area contributed by atoms with E-state index >= 15 is 0 Å². The monoisotopic (exact) mass is 212 g/mol. The SMILES string of the molecule is CNC(=O)NCc1cc(C(=O)O)c(C)o1. The maximum Gasteiger partial charge on any atom is 0.339 e. The molecule has 0 aliphatic carbocycles. The van der Waals surface area contributed by atoms with E-state index in [9.17, 15) is 9.59 Å². The lowest BCUT2D eigenvalue weighted by atomic mass is 10.2. The van der Waals surface area contributed by atoms with Gasteiger partial charge in [-0.2, -0.15) is 0 Å². The maximum atomic E-state index is 10.8. The fourth-order valence-corrected chi connectivity index (χ4v) is 1.10. The van der Waals surface area contributed by atoms with Crippen molar-refractivity contribution in [2.24, 2.45) is 0 Å². The van der Waals surface area contributed by atoms with Crippen LogP contribution in [0.4, 0.5) is 4.79 Å². The van der Waals surface area contributed by atoms with Gasteiger partial charge in [-0.1, -0.05) is 0 Å². The molecule has 1 heterocycles. The van der Waals surface area contributed by atoms with Crippen molar-refractivity contribution in [3.8, 4) is 0 Å². The first kappa shape index (κ1) is 11.1. The van der Waals surface area contributed by atoms with Crippen molar-refractivity contribution in [2.75, 3.05) is 7.05 Å². The molecule has 0 aromatic carbocycles. The van der Waals surface area contributed by atoms with E-state index in [1.54, 1.807) is 6.92 Å². The van der Waals surface area contributed by atoms with E-state index in [4.69, 9.17) is 9.52 Å². The molecule has 82 valence electrons. The molecule has 0 spiro atoms. The number of furan rings is 1. The fraction of sp³-hybridized carbons (Fsp3) is 0.333. The van der Waals surface area contributed by atoms with Gasteiger partial charge >= 0.3 is 12.0 Å². The van der Waals surface area contributed by atoms with Crippen molar-refractivity contribution < 1.29 is 19.1 Å². The molecule has 3 N–H and O–H groups in total. The van der Waals surface area contributed by atoms with Crippen molar-refractivity contribution in [3.63, 3.8) is 0 Å². The van der Waals surface area contributed by atoms with Gasteiger partial charge in [-0.05, 0) is 13.0 Å². The molecule has 0 saturated carbocycles. The van der Waals surface area contributed by atoms with Gasteiger partial charge in [-0.3, -0.25) is 0 Å². The van der Waals surface area contributed by atoms with Crippen LogP contribution in [0.2, 0.25) is 0 Å². The topological polar surface area (TPSA) is 91.6 Å². The Hall–Kier alpha value is -1.98. The van der Waals surface area contributed by atoms with Crippen LogP contribution in [0, 0.1) is 6.92 Å². The average Bonchev–Trinajstić information content (AvgIpc) is 2.56. The fourth-order valence-electron chi connectivity index (χ4n) is 1.10. The predicted octanol–water partition coefficient (Wildman–Crippen LogP) is 0.715. The van der Waals surface area contributed by atoms with Gasteiger partial charge < -0.3 is 20.2 Å². The Morgan fingerprint density at radius 1 is 1.53 bits per heavy atom. The summed E-state index contributed by atoms with van der Waals surface area (Å²) >= 11 is 0. The predicted molar refractivity (Wildman–Crippen MR) is 51.7 cm³/mol. The third kappa shape index (κ3) is 2.73. The molecule has 6 heteroatoms. The van der Waals surface area contributed by atoms with Crippen LogP contribution in [-0.4, -0.2) is 24.2 Å². The Bertz CT molecular complexity index is 383. The lowest BCUT2D eigenvalue weighted by Gasteiger charge is -2.00. The molecule has 0 bridgehead atoms. The lowest BCUT2D eigenvalue weighted by molar-refractivity contribution is 0.0695. The summed E-state index contributed by atoms with van der Waals surface area (Å²) in [6.07, 6.45) is 0. The van der Waals surface area contributed by atoms with Crippen LogP contribution < -0.4 is 10.6 Å². The Balaban J connectivity index is 2.67. The number of carboxylic acids is 1. The van der Waals surface area contributed by atoms with E-state index in [0.717, 1.165) is 0 Å². The van der Waals surface area contributed by atoms with Gasteiger partial charge in [0, 0.05) is 7.05 Å². The molecular formula is C9H12N2O4. The summed E-state index contributed by atoms with van der Waals surface area (Å²) in [4.78, 5) is 21.5. The van der Waals surface area contributed by atoms with Crippen LogP contribution in [0.1, 0.15) is 21.9 Å². The van der Waals surface area contributed by atoms with Gasteiger partial charge in [-0.15, -0.1) is 0 Å². The summed E-state index contributed by atoms with van der Waals surface area (Å²) in [5.41, 5.74) is 0.115. The number of hydrogen-bond donors (Lipinski definition) is 3. The zero-order valence-electron chi connectivity index (χ0n) is 8.46. The zero-order chi connectivity index (χ0) is 11.4. The number of aromatic carboxylic acids is 1. The number of amides is 2. The second kappa shape index (κ2) is 4.50. The molecule has 0 fully saturated rings. The Morgan fingerprint density at radius 3 is 2.67 bits per heavy atom. The summed E-state index contributed by atoms with van der Waals surface area (Å²) in [6.45, 7) is 1.72. The second-order valence-corrected chi connectivity index (χ2v) is 2.92. The summed E-state index contributed by atoms with van der Waals surface area (Å²) in [5.74, 6) is -0.299. The molecule has 1 rings (SSSR count). The van der Waals surface area contributed by atoms with Gasteiger partial charge in [-0.25, -0.2) is 9.59 Å². The third-order valence-electron chi connectivity index (χ3n) is 1.85. The number of carbonyl (C=O) groups is 2. The second-order valence-electron chi connectivity index (χ2n) is 2.92. The minimum Gasteiger partial charge on any atom is -0.478 e. The summed E-state index contributed by atoms with van der Waals surface area (Å²) in [5, 5.41) is 13.6. The number of carboxylic acid groups (broad SMARTS) is 1. The van der Waals surface area contributed by atoms with Gasteiger partial charge in [0.15, 0.2) is 0 Å². The smallest absolute Gasteiger partial charge is 0.339 e. The van der Waals surface area contributed by atoms with Gasteiger partial charge in [0.05, 0.1) is 6.54 Å². The van der Waals surface area contributed by atoms with Gasteiger partial charge in [0.25, 0.3) is 0 Å². The minimum atomic E-state index is -1.04. The van der Waals surface area contributed by atoms with Crippen molar-refractivity contribution >= 4 is 12.0 Å². The highest BCUT2D eigenvalue weighted by Crippen LogP contribution is 2.14. The molecule has 0 aliphatic rings. The van der Waals surface area contributed by atoms with E-state index in [0.29, 0.717) is 11.5 Å². The van der Waals surface area contributed by atoms with Crippen molar-refractivity contribution in [3.05, 3.63) is 23.2 Å². The highest BCUT2D eigenvalue weighted by atomic mass is 16.4. The molecule has 6 nitrogen and oxygen atoms in total. The summed E-state index contributed by atoms with van der Waals surface area (Å²) < 4.78 is 5.15. The van der Waals surface area contributed by atoms with E-state index in [-0.39, 0.29) is 18.1 Å². The number of carbonyl (C=O) groups excluding carboxylic acids is 1. The number of hydrogen-bond acceptors (Lipinski definition) is 3. The van der Waals surface area contributed by atoms with Gasteiger partial charge in [0.2, 0.25) is 0 Å². The van der Waals surface area contributed by atoms with Crippen molar-refractivity contribution in [1.82, 2.24) is 10.6 Å². The lowest BCUT2D eigenvalue weighted by Crippen LogP contribution is -2.31. The summed E-state index contributed by atoms with van der Waals surface area (Å²) in [7, 11) is 1.49. The largest absolute Gasteiger partial charge is 0.478 e. The highest BCUT2D eigenvalue weighted by molar-refractivity contribution is 5.88. The molecular weight excluding hydrogens is 200 g/mol. The molecule has 1 aromatic heterocycles. The minimum absolute atomic E-state index is 0.115. The molecule has 0 aliphatic heterocycles. The van der Waals surface area contributed by atoms with Crippen molar-refractivity contribution in [1.29, 1.82) is 0 Å². The quantitative estimate of drug-likeness (QED) is 0.688. The molecule has 0 radical (unpaired) electrons.